The van der Waals surface area contributed by atoms with Gasteiger partial charge in [0.2, 0.25) is 5.95 Å². The predicted molar refractivity (Wildman–Crippen MR) is 104 cm³/mol. The number of anilines is 1. The Morgan fingerprint density at radius 2 is 1.93 bits per heavy atom. The number of nitrogens with zero attached hydrogens (tertiary/aromatic N) is 4. The third kappa shape index (κ3) is 3.59. The number of hydrogen-bond acceptors (Lipinski definition) is 6. The van der Waals surface area contributed by atoms with Crippen molar-refractivity contribution in [3.8, 4) is 0 Å². The molecule has 0 bridgehead atoms. The monoisotopic (exact) mass is 372 g/mol. The zero-order valence-corrected chi connectivity index (χ0v) is 16.4. The first kappa shape index (κ1) is 17.8. The summed E-state index contributed by atoms with van der Waals surface area (Å²) >= 11 is 0. The van der Waals surface area contributed by atoms with Gasteiger partial charge in [0.1, 0.15) is 0 Å². The van der Waals surface area contributed by atoms with Gasteiger partial charge >= 0.3 is 0 Å². The minimum Gasteiger partial charge on any atom is -0.378 e. The molecule has 5 rings (SSSR count). The second-order valence-corrected chi connectivity index (χ2v) is 8.91. The van der Waals surface area contributed by atoms with Crippen molar-refractivity contribution in [1.29, 1.82) is 0 Å². The SMILES string of the molecule is c1nc(N2CCOCC2)nc2c1COCC21CCN(CC2CCCCC2)C1. The van der Waals surface area contributed by atoms with E-state index in [-0.39, 0.29) is 5.41 Å². The lowest BCUT2D eigenvalue weighted by molar-refractivity contribution is 0.0494. The van der Waals surface area contributed by atoms with Gasteiger partial charge in [0.05, 0.1) is 37.5 Å². The van der Waals surface area contributed by atoms with Gasteiger partial charge < -0.3 is 19.3 Å². The lowest BCUT2D eigenvalue weighted by Crippen LogP contribution is -2.42. The summed E-state index contributed by atoms with van der Waals surface area (Å²) in [5, 5.41) is 0. The summed E-state index contributed by atoms with van der Waals surface area (Å²) in [6.07, 6.45) is 10.3. The van der Waals surface area contributed by atoms with Crippen molar-refractivity contribution in [2.24, 2.45) is 5.92 Å². The maximum atomic E-state index is 6.02. The molecule has 1 aliphatic carbocycles. The average molecular weight is 373 g/mol. The average Bonchev–Trinajstić information content (AvgIpc) is 3.12. The quantitative estimate of drug-likeness (QED) is 0.812. The second-order valence-electron chi connectivity index (χ2n) is 8.91. The molecule has 148 valence electrons. The topological polar surface area (TPSA) is 50.7 Å². The highest BCUT2D eigenvalue weighted by Gasteiger charge is 2.45. The van der Waals surface area contributed by atoms with Gasteiger partial charge in [-0.1, -0.05) is 19.3 Å². The number of ether oxygens (including phenoxy) is 2. The Labute approximate surface area is 162 Å². The first-order valence-corrected chi connectivity index (χ1v) is 10.8. The maximum Gasteiger partial charge on any atom is 0.225 e. The zero-order valence-electron chi connectivity index (χ0n) is 16.4. The van der Waals surface area contributed by atoms with Crippen LogP contribution in [0.3, 0.4) is 0 Å². The molecule has 1 atom stereocenters. The smallest absolute Gasteiger partial charge is 0.225 e. The molecule has 3 aliphatic heterocycles. The van der Waals surface area contributed by atoms with Crippen molar-refractivity contribution in [2.45, 2.75) is 50.5 Å². The summed E-state index contributed by atoms with van der Waals surface area (Å²) in [6.45, 7) is 8.30. The number of aromatic nitrogens is 2. The zero-order chi connectivity index (χ0) is 18.1. The molecule has 1 aromatic rings. The van der Waals surface area contributed by atoms with Gasteiger partial charge in [-0.2, -0.15) is 0 Å². The van der Waals surface area contributed by atoms with E-state index in [4.69, 9.17) is 14.5 Å². The predicted octanol–water partition coefficient (Wildman–Crippen LogP) is 2.37. The van der Waals surface area contributed by atoms with Crippen molar-refractivity contribution < 1.29 is 9.47 Å². The van der Waals surface area contributed by atoms with Crippen LogP contribution in [0.4, 0.5) is 5.95 Å². The van der Waals surface area contributed by atoms with Crippen molar-refractivity contribution in [3.63, 3.8) is 0 Å². The van der Waals surface area contributed by atoms with Crippen LogP contribution in [-0.2, 0) is 21.5 Å². The second kappa shape index (κ2) is 7.64. The largest absolute Gasteiger partial charge is 0.378 e. The molecule has 1 saturated carbocycles. The van der Waals surface area contributed by atoms with Crippen LogP contribution in [0, 0.1) is 5.92 Å². The van der Waals surface area contributed by atoms with Crippen LogP contribution in [-0.4, -0.2) is 67.4 Å². The fraction of sp³-hybridized carbons (Fsp3) is 0.810. The number of hydrogen-bond donors (Lipinski definition) is 0. The third-order valence-electron chi connectivity index (χ3n) is 6.96. The van der Waals surface area contributed by atoms with Crippen LogP contribution in [0.2, 0.25) is 0 Å². The van der Waals surface area contributed by atoms with Crippen LogP contribution >= 0.6 is 0 Å². The summed E-state index contributed by atoms with van der Waals surface area (Å²) in [5.74, 6) is 1.77. The molecule has 4 heterocycles. The van der Waals surface area contributed by atoms with E-state index in [1.165, 1.54) is 56.5 Å². The Hall–Kier alpha value is -1.24. The molecule has 3 fully saturated rings. The first-order chi connectivity index (χ1) is 13.3. The van der Waals surface area contributed by atoms with Crippen molar-refractivity contribution in [1.82, 2.24) is 14.9 Å². The molecule has 6 heteroatoms. The fourth-order valence-corrected chi connectivity index (χ4v) is 5.46. The van der Waals surface area contributed by atoms with E-state index in [0.29, 0.717) is 6.61 Å². The Bertz CT molecular complexity index is 658. The molecule has 2 saturated heterocycles. The van der Waals surface area contributed by atoms with Crippen LogP contribution in [0.1, 0.15) is 49.8 Å². The van der Waals surface area contributed by atoms with Gasteiger partial charge in [-0.25, -0.2) is 9.97 Å². The van der Waals surface area contributed by atoms with E-state index in [2.05, 4.69) is 14.8 Å². The Balaban J connectivity index is 1.35. The lowest BCUT2D eigenvalue weighted by atomic mass is 9.80. The Morgan fingerprint density at radius 1 is 1.07 bits per heavy atom. The maximum absolute atomic E-state index is 6.02. The summed E-state index contributed by atoms with van der Waals surface area (Å²) in [4.78, 5) is 14.7. The molecule has 1 aromatic heterocycles. The lowest BCUT2D eigenvalue weighted by Gasteiger charge is -2.36. The third-order valence-corrected chi connectivity index (χ3v) is 6.96. The van der Waals surface area contributed by atoms with Gasteiger partial charge in [-0.05, 0) is 31.7 Å². The van der Waals surface area contributed by atoms with E-state index >= 15 is 0 Å². The van der Waals surface area contributed by atoms with Gasteiger partial charge in [0.25, 0.3) is 0 Å². The molecular weight excluding hydrogens is 340 g/mol. The van der Waals surface area contributed by atoms with Gasteiger partial charge in [-0.15, -0.1) is 0 Å². The number of rotatable bonds is 3. The first-order valence-electron chi connectivity index (χ1n) is 10.8. The van der Waals surface area contributed by atoms with Crippen LogP contribution < -0.4 is 4.90 Å². The van der Waals surface area contributed by atoms with E-state index in [1.807, 2.05) is 6.20 Å². The summed E-state index contributed by atoms with van der Waals surface area (Å²) in [6, 6.07) is 0. The molecule has 4 aliphatic rings. The van der Waals surface area contributed by atoms with E-state index in [0.717, 1.165) is 57.7 Å². The molecule has 0 amide bonds. The number of likely N-dealkylation sites (tertiary alicyclic amines) is 1. The molecule has 6 nitrogen and oxygen atoms in total. The molecule has 27 heavy (non-hydrogen) atoms. The minimum absolute atomic E-state index is 0.0617. The van der Waals surface area contributed by atoms with Crippen LogP contribution in [0.5, 0.6) is 0 Å². The summed E-state index contributed by atoms with van der Waals surface area (Å²) < 4.78 is 11.5. The molecule has 0 radical (unpaired) electrons. The highest BCUT2D eigenvalue weighted by molar-refractivity contribution is 5.38. The highest BCUT2D eigenvalue weighted by atomic mass is 16.5. The molecule has 1 spiro atoms. The van der Waals surface area contributed by atoms with Crippen molar-refractivity contribution in [3.05, 3.63) is 17.5 Å². The molecule has 1 unspecified atom stereocenters. The van der Waals surface area contributed by atoms with Gasteiger partial charge in [0.15, 0.2) is 0 Å². The highest BCUT2D eigenvalue weighted by Crippen LogP contribution is 2.40. The minimum atomic E-state index is 0.0617. The van der Waals surface area contributed by atoms with Gasteiger partial charge in [0, 0.05) is 37.9 Å². The van der Waals surface area contributed by atoms with E-state index < -0.39 is 0 Å². The number of morpholine rings is 1. The number of fused-ring (bicyclic) bond motifs is 2. The summed E-state index contributed by atoms with van der Waals surface area (Å²) in [7, 11) is 0. The fourth-order valence-electron chi connectivity index (χ4n) is 5.46. The van der Waals surface area contributed by atoms with E-state index in [9.17, 15) is 0 Å². The van der Waals surface area contributed by atoms with E-state index in [1.54, 1.807) is 0 Å². The standard InChI is InChI=1S/C21H32N4O2/c1-2-4-17(5-3-1)13-24-7-6-21(15-24)16-27-14-18-12-22-20(23-19(18)21)25-8-10-26-11-9-25/h12,17H,1-11,13-16H2. The molecule has 0 N–H and O–H groups in total. The molecular formula is C21H32N4O2. The van der Waals surface area contributed by atoms with Crippen LogP contribution in [0.15, 0.2) is 6.20 Å². The van der Waals surface area contributed by atoms with Gasteiger partial charge in [-0.3, -0.25) is 0 Å². The Kier molecular flexibility index (Phi) is 5.05. The van der Waals surface area contributed by atoms with Crippen molar-refractivity contribution >= 4 is 5.95 Å². The van der Waals surface area contributed by atoms with Crippen LogP contribution in [0.25, 0.3) is 0 Å². The normalized spacial score (nSPS) is 30.0. The molecule has 0 aromatic carbocycles. The summed E-state index contributed by atoms with van der Waals surface area (Å²) in [5.41, 5.74) is 2.51. The Morgan fingerprint density at radius 3 is 2.78 bits per heavy atom. The van der Waals surface area contributed by atoms with Crippen molar-refractivity contribution in [2.75, 3.05) is 57.4 Å².